The molecule has 0 aliphatic carbocycles. The molecular weight excluding hydrogens is 217 g/mol. The number of hydrogen-bond acceptors (Lipinski definition) is 2. The molecule has 0 aliphatic heterocycles. The van der Waals surface area contributed by atoms with Crippen LogP contribution < -0.4 is 5.32 Å². The summed E-state index contributed by atoms with van der Waals surface area (Å²) >= 11 is 0. The predicted molar refractivity (Wildman–Crippen MR) is 68.4 cm³/mol. The second-order valence-corrected chi connectivity index (χ2v) is 5.06. The van der Waals surface area contributed by atoms with E-state index in [1.807, 2.05) is 20.8 Å². The summed E-state index contributed by atoms with van der Waals surface area (Å²) in [5.74, 6) is -0.186. The minimum absolute atomic E-state index is 0.0452. The van der Waals surface area contributed by atoms with E-state index in [1.165, 1.54) is 12.1 Å². The van der Waals surface area contributed by atoms with Gasteiger partial charge in [-0.05, 0) is 36.8 Å². The van der Waals surface area contributed by atoms with Crippen LogP contribution >= 0.6 is 0 Å². The number of nitrogens with one attached hydrogen (secondary N) is 1. The first-order valence-corrected chi connectivity index (χ1v) is 5.54. The molecule has 1 N–H and O–H groups in total. The maximum atomic E-state index is 13.0. The number of rotatable bonds is 3. The largest absolute Gasteiger partial charge is 0.362 e. The van der Waals surface area contributed by atoms with E-state index in [9.17, 15) is 9.18 Å². The van der Waals surface area contributed by atoms with Crippen molar-refractivity contribution in [3.8, 4) is 0 Å². The highest BCUT2D eigenvalue weighted by molar-refractivity contribution is 5.94. The summed E-state index contributed by atoms with van der Waals surface area (Å²) in [5.41, 5.74) is 0.962. The molecule has 0 saturated heterocycles. The standard InChI is InChI=1S/C14H18FNO/c1-10-9-11(5-6-12(10)15)16-8-7-13(17)14(2,3)4/h5-9,16H,1-4H3. The van der Waals surface area contributed by atoms with Gasteiger partial charge in [-0.15, -0.1) is 0 Å². The van der Waals surface area contributed by atoms with E-state index in [-0.39, 0.29) is 17.0 Å². The van der Waals surface area contributed by atoms with E-state index < -0.39 is 0 Å². The zero-order valence-electron chi connectivity index (χ0n) is 10.7. The summed E-state index contributed by atoms with van der Waals surface area (Å²) in [4.78, 5) is 11.6. The Bertz CT molecular complexity index is 444. The lowest BCUT2D eigenvalue weighted by atomic mass is 9.91. The molecule has 0 amide bonds. The first kappa shape index (κ1) is 13.4. The Morgan fingerprint density at radius 3 is 2.53 bits per heavy atom. The van der Waals surface area contributed by atoms with Gasteiger partial charge in [-0.1, -0.05) is 20.8 Å². The number of halogens is 1. The van der Waals surface area contributed by atoms with E-state index >= 15 is 0 Å². The van der Waals surface area contributed by atoms with Crippen LogP contribution in [0.2, 0.25) is 0 Å². The van der Waals surface area contributed by atoms with Crippen molar-refractivity contribution < 1.29 is 9.18 Å². The van der Waals surface area contributed by atoms with Crippen molar-refractivity contribution in [2.75, 3.05) is 5.32 Å². The maximum absolute atomic E-state index is 13.0. The van der Waals surface area contributed by atoms with Gasteiger partial charge < -0.3 is 5.32 Å². The molecule has 0 bridgehead atoms. The molecule has 0 aliphatic rings. The summed E-state index contributed by atoms with van der Waals surface area (Å²) in [5, 5.41) is 2.95. The monoisotopic (exact) mass is 235 g/mol. The van der Waals surface area contributed by atoms with Crippen LogP contribution in [0, 0.1) is 18.2 Å². The van der Waals surface area contributed by atoms with Crippen LogP contribution in [-0.4, -0.2) is 5.78 Å². The Morgan fingerprint density at radius 1 is 1.35 bits per heavy atom. The van der Waals surface area contributed by atoms with Gasteiger partial charge in [0.2, 0.25) is 0 Å². The van der Waals surface area contributed by atoms with Gasteiger partial charge in [-0.2, -0.15) is 0 Å². The fraction of sp³-hybridized carbons (Fsp3) is 0.357. The minimum atomic E-state index is -0.378. The molecule has 17 heavy (non-hydrogen) atoms. The van der Waals surface area contributed by atoms with Crippen molar-refractivity contribution in [3.63, 3.8) is 0 Å². The first-order valence-electron chi connectivity index (χ1n) is 5.54. The Kier molecular flexibility index (Phi) is 4.05. The van der Waals surface area contributed by atoms with Gasteiger partial charge in [0.15, 0.2) is 5.78 Å². The van der Waals surface area contributed by atoms with Crippen molar-refractivity contribution in [1.82, 2.24) is 0 Å². The van der Waals surface area contributed by atoms with Crippen LogP contribution in [0.25, 0.3) is 0 Å². The molecule has 2 nitrogen and oxygen atoms in total. The molecule has 0 aromatic heterocycles. The zero-order chi connectivity index (χ0) is 13.1. The smallest absolute Gasteiger partial charge is 0.162 e. The highest BCUT2D eigenvalue weighted by Crippen LogP contribution is 2.16. The molecule has 0 radical (unpaired) electrons. The zero-order valence-corrected chi connectivity index (χ0v) is 10.7. The molecule has 0 saturated carbocycles. The lowest BCUT2D eigenvalue weighted by Crippen LogP contribution is -2.17. The van der Waals surface area contributed by atoms with Crippen LogP contribution in [0.4, 0.5) is 10.1 Å². The fourth-order valence-corrected chi connectivity index (χ4v) is 1.20. The van der Waals surface area contributed by atoms with Gasteiger partial charge in [-0.25, -0.2) is 4.39 Å². The molecule has 92 valence electrons. The van der Waals surface area contributed by atoms with Gasteiger partial charge in [-0.3, -0.25) is 4.79 Å². The van der Waals surface area contributed by atoms with Crippen molar-refractivity contribution in [2.45, 2.75) is 27.7 Å². The van der Waals surface area contributed by atoms with Crippen molar-refractivity contribution in [2.24, 2.45) is 5.41 Å². The average Bonchev–Trinajstić information content (AvgIpc) is 2.22. The number of anilines is 1. The second-order valence-electron chi connectivity index (χ2n) is 5.06. The SMILES string of the molecule is Cc1cc(NC=CC(=O)C(C)(C)C)ccc1F. The van der Waals surface area contributed by atoms with E-state index in [4.69, 9.17) is 0 Å². The molecule has 1 aromatic carbocycles. The van der Waals surface area contributed by atoms with Gasteiger partial charge in [0.1, 0.15) is 5.82 Å². The molecule has 1 rings (SSSR count). The second kappa shape index (κ2) is 5.13. The quantitative estimate of drug-likeness (QED) is 0.810. The number of aryl methyl sites for hydroxylation is 1. The summed E-state index contributed by atoms with van der Waals surface area (Å²) in [6.45, 7) is 7.29. The van der Waals surface area contributed by atoms with Gasteiger partial charge >= 0.3 is 0 Å². The summed E-state index contributed by atoms with van der Waals surface area (Å²) in [6, 6.07) is 4.73. The molecule has 0 fully saturated rings. The Labute approximate surface area is 102 Å². The topological polar surface area (TPSA) is 29.1 Å². The third-order valence-corrected chi connectivity index (χ3v) is 2.38. The average molecular weight is 235 g/mol. The molecule has 1 aromatic rings. The third kappa shape index (κ3) is 4.02. The minimum Gasteiger partial charge on any atom is -0.362 e. The third-order valence-electron chi connectivity index (χ3n) is 2.38. The predicted octanol–water partition coefficient (Wildman–Crippen LogP) is 3.67. The van der Waals surface area contributed by atoms with Gasteiger partial charge in [0.05, 0.1) is 0 Å². The molecule has 0 spiro atoms. The Hall–Kier alpha value is -1.64. The van der Waals surface area contributed by atoms with E-state index in [2.05, 4.69) is 5.32 Å². The summed E-state index contributed by atoms with van der Waals surface area (Å²) < 4.78 is 13.0. The van der Waals surface area contributed by atoms with Gasteiger partial charge in [0, 0.05) is 17.3 Å². The first-order chi connectivity index (χ1) is 7.80. The molecule has 0 heterocycles. The molecule has 0 atom stereocenters. The van der Waals surface area contributed by atoms with Gasteiger partial charge in [0.25, 0.3) is 0 Å². The van der Waals surface area contributed by atoms with E-state index in [0.29, 0.717) is 5.56 Å². The number of hydrogen-bond donors (Lipinski definition) is 1. The maximum Gasteiger partial charge on any atom is 0.162 e. The van der Waals surface area contributed by atoms with Crippen LogP contribution in [0.5, 0.6) is 0 Å². The Morgan fingerprint density at radius 2 is 2.00 bits per heavy atom. The lowest BCUT2D eigenvalue weighted by Gasteiger charge is -2.13. The highest BCUT2D eigenvalue weighted by Gasteiger charge is 2.17. The molecule has 3 heteroatoms. The molecular formula is C14H18FNO. The lowest BCUT2D eigenvalue weighted by molar-refractivity contribution is -0.121. The number of ketones is 1. The van der Waals surface area contributed by atoms with Crippen LogP contribution in [0.3, 0.4) is 0 Å². The van der Waals surface area contributed by atoms with Crippen LogP contribution in [0.15, 0.2) is 30.5 Å². The normalized spacial score (nSPS) is 11.8. The van der Waals surface area contributed by atoms with Crippen LogP contribution in [0.1, 0.15) is 26.3 Å². The summed E-state index contributed by atoms with van der Waals surface area (Å²) in [7, 11) is 0. The van der Waals surface area contributed by atoms with Crippen LogP contribution in [-0.2, 0) is 4.79 Å². The van der Waals surface area contributed by atoms with Crippen molar-refractivity contribution >= 4 is 11.5 Å². The van der Waals surface area contributed by atoms with E-state index in [0.717, 1.165) is 5.69 Å². The van der Waals surface area contributed by atoms with Crippen molar-refractivity contribution in [1.29, 1.82) is 0 Å². The highest BCUT2D eigenvalue weighted by atomic mass is 19.1. The van der Waals surface area contributed by atoms with Crippen molar-refractivity contribution in [3.05, 3.63) is 41.9 Å². The summed E-state index contributed by atoms with van der Waals surface area (Å²) in [6.07, 6.45) is 3.08. The molecule has 0 unspecified atom stereocenters. The van der Waals surface area contributed by atoms with E-state index in [1.54, 1.807) is 25.3 Å². The fourth-order valence-electron chi connectivity index (χ4n) is 1.20. The number of carbonyl (C=O) groups is 1. The number of allylic oxidation sites excluding steroid dienone is 1. The Balaban J connectivity index is 2.65. The number of benzene rings is 1. The number of carbonyl (C=O) groups excluding carboxylic acids is 1.